The summed E-state index contributed by atoms with van der Waals surface area (Å²) in [5.41, 5.74) is -1.97. The summed E-state index contributed by atoms with van der Waals surface area (Å²) in [5, 5.41) is 0.629. The molecule has 0 unspecified atom stereocenters. The maximum Gasteiger partial charge on any atom is 0.416 e. The lowest BCUT2D eigenvalue weighted by Crippen LogP contribution is -2.30. The van der Waals surface area contributed by atoms with Crippen LogP contribution in [-0.4, -0.2) is 15.8 Å². The number of aromatic nitrogens is 1. The largest absolute Gasteiger partial charge is 0.416 e. The molecule has 1 heterocycles. The molecule has 170 valence electrons. The van der Waals surface area contributed by atoms with E-state index in [0.29, 0.717) is 33.3 Å². The van der Waals surface area contributed by atoms with Crippen molar-refractivity contribution in [3.8, 4) is 0 Å². The summed E-state index contributed by atoms with van der Waals surface area (Å²) in [4.78, 5) is 18.9. The Bertz CT molecular complexity index is 1070. The van der Waals surface area contributed by atoms with Gasteiger partial charge in [-0.25, -0.2) is 4.98 Å². The molecule has 3 nitrogen and oxygen atoms in total. The molecule has 0 radical (unpaired) electrons. The number of hydrogen-bond donors (Lipinski definition) is 0. The van der Waals surface area contributed by atoms with E-state index in [1.807, 2.05) is 0 Å². The highest BCUT2D eigenvalue weighted by Gasteiger charge is 2.37. The lowest BCUT2D eigenvalue weighted by molar-refractivity contribution is -0.143. The second-order valence-electron chi connectivity index (χ2n) is 7.21. The van der Waals surface area contributed by atoms with E-state index in [2.05, 4.69) is 4.98 Å². The Hall–Kier alpha value is -2.88. The van der Waals surface area contributed by atoms with Crippen molar-refractivity contribution in [1.82, 2.24) is 9.88 Å². The highest BCUT2D eigenvalue weighted by Crippen LogP contribution is 2.36. The van der Waals surface area contributed by atoms with Crippen LogP contribution in [0.4, 0.5) is 26.3 Å². The molecule has 3 rings (SSSR count). The number of halogens is 6. The molecular formula is C22H18F6N2OS. The van der Waals surface area contributed by atoms with Crippen LogP contribution in [0.2, 0.25) is 0 Å². The molecule has 0 aliphatic rings. The zero-order valence-electron chi connectivity index (χ0n) is 17.0. The highest BCUT2D eigenvalue weighted by molar-refractivity contribution is 7.13. The molecule has 0 spiro atoms. The third kappa shape index (κ3) is 5.67. The number of rotatable bonds is 5. The molecule has 0 aliphatic carbocycles. The number of aryl methyl sites for hydroxylation is 2. The maximum atomic E-state index is 13.2. The second kappa shape index (κ2) is 8.93. The molecule has 1 amide bonds. The molecule has 0 aliphatic heterocycles. The first-order valence-electron chi connectivity index (χ1n) is 9.40. The van der Waals surface area contributed by atoms with Crippen LogP contribution < -0.4 is 0 Å². The van der Waals surface area contributed by atoms with Crippen LogP contribution >= 0.6 is 11.3 Å². The van der Waals surface area contributed by atoms with Crippen molar-refractivity contribution >= 4 is 17.2 Å². The summed E-state index contributed by atoms with van der Waals surface area (Å²) < 4.78 is 79.5. The lowest BCUT2D eigenvalue weighted by Gasteiger charge is -2.24. The van der Waals surface area contributed by atoms with Crippen molar-refractivity contribution in [3.63, 3.8) is 0 Å². The summed E-state index contributed by atoms with van der Waals surface area (Å²) in [6, 6.07) is 10.0. The van der Waals surface area contributed by atoms with Gasteiger partial charge in [0, 0.05) is 13.1 Å². The van der Waals surface area contributed by atoms with Gasteiger partial charge in [-0.3, -0.25) is 4.79 Å². The summed E-state index contributed by atoms with van der Waals surface area (Å²) in [6.45, 7) is 2.91. The fourth-order valence-electron chi connectivity index (χ4n) is 3.21. The van der Waals surface area contributed by atoms with Crippen LogP contribution in [-0.2, 0) is 25.4 Å². The minimum absolute atomic E-state index is 0.00760. The van der Waals surface area contributed by atoms with Crippen LogP contribution in [0.1, 0.15) is 42.6 Å². The number of carbonyl (C=O) groups is 1. The third-order valence-electron chi connectivity index (χ3n) is 4.62. The summed E-state index contributed by atoms with van der Waals surface area (Å²) >= 11 is 1.12. The van der Waals surface area contributed by atoms with E-state index in [-0.39, 0.29) is 18.2 Å². The van der Waals surface area contributed by atoms with Crippen LogP contribution in [0.15, 0.2) is 48.5 Å². The van der Waals surface area contributed by atoms with Gasteiger partial charge >= 0.3 is 12.4 Å². The lowest BCUT2D eigenvalue weighted by atomic mass is 10.0. The van der Waals surface area contributed by atoms with Gasteiger partial charge in [-0.05, 0) is 43.2 Å². The van der Waals surface area contributed by atoms with Gasteiger partial charge in [-0.15, -0.1) is 11.3 Å². The van der Waals surface area contributed by atoms with Crippen molar-refractivity contribution in [2.75, 3.05) is 0 Å². The second-order valence-corrected chi connectivity index (χ2v) is 8.41. The molecule has 3 aromatic rings. The van der Waals surface area contributed by atoms with E-state index in [4.69, 9.17) is 0 Å². The van der Waals surface area contributed by atoms with Crippen LogP contribution in [0, 0.1) is 13.8 Å². The Labute approximate surface area is 184 Å². The Morgan fingerprint density at radius 1 is 0.875 bits per heavy atom. The topological polar surface area (TPSA) is 33.2 Å². The number of amides is 1. The van der Waals surface area contributed by atoms with Crippen molar-refractivity contribution in [2.24, 2.45) is 0 Å². The van der Waals surface area contributed by atoms with Crippen LogP contribution in [0.25, 0.3) is 0 Å². The van der Waals surface area contributed by atoms with Gasteiger partial charge < -0.3 is 4.90 Å². The predicted molar refractivity (Wildman–Crippen MR) is 108 cm³/mol. The maximum absolute atomic E-state index is 13.2. The summed E-state index contributed by atoms with van der Waals surface area (Å²) in [5.74, 6) is -0.511. The fourth-order valence-corrected chi connectivity index (χ4v) is 4.10. The molecule has 0 N–H and O–H groups in total. The zero-order chi connectivity index (χ0) is 23.7. The minimum Gasteiger partial charge on any atom is -0.329 e. The summed E-state index contributed by atoms with van der Waals surface area (Å²) in [7, 11) is 0. The molecule has 0 saturated carbocycles. The van der Waals surface area contributed by atoms with E-state index < -0.39 is 35.9 Å². The van der Waals surface area contributed by atoms with Crippen molar-refractivity contribution in [1.29, 1.82) is 0 Å². The smallest absolute Gasteiger partial charge is 0.329 e. The van der Waals surface area contributed by atoms with E-state index in [1.54, 1.807) is 44.2 Å². The van der Waals surface area contributed by atoms with Gasteiger partial charge in [-0.1, -0.05) is 30.3 Å². The summed E-state index contributed by atoms with van der Waals surface area (Å²) in [6.07, 6.45) is -9.93. The molecule has 0 bridgehead atoms. The van der Waals surface area contributed by atoms with Crippen LogP contribution in [0.5, 0.6) is 0 Å². The number of thiazole rings is 1. The number of nitrogens with zero attached hydrogens (tertiary/aromatic N) is 2. The van der Waals surface area contributed by atoms with Gasteiger partial charge in [0.05, 0.1) is 21.8 Å². The molecule has 0 fully saturated rings. The zero-order valence-corrected chi connectivity index (χ0v) is 17.8. The monoisotopic (exact) mass is 472 g/mol. The van der Waals surface area contributed by atoms with Gasteiger partial charge in [0.25, 0.3) is 5.91 Å². The van der Waals surface area contributed by atoms with Crippen molar-refractivity contribution in [2.45, 2.75) is 39.3 Å². The Morgan fingerprint density at radius 2 is 1.41 bits per heavy atom. The predicted octanol–water partition coefficient (Wildman–Crippen LogP) is 6.64. The van der Waals surface area contributed by atoms with Crippen LogP contribution in [0.3, 0.4) is 0 Å². The molecule has 0 saturated heterocycles. The number of benzene rings is 2. The average Bonchev–Trinajstić information content (AvgIpc) is 3.04. The Balaban J connectivity index is 2.04. The standard InChI is InChI=1S/C22H18F6N2OS/c1-13-19(32-14(2)29-13)20(31)30(11-15-6-4-3-5-7-15)12-16-8-17(21(23,24)25)10-18(9-16)22(26,27)28/h3-10H,11-12H2,1-2H3. The van der Waals surface area contributed by atoms with Gasteiger partial charge in [-0.2, -0.15) is 26.3 Å². The molecule has 32 heavy (non-hydrogen) atoms. The molecule has 2 aromatic carbocycles. The van der Waals surface area contributed by atoms with Crippen molar-refractivity contribution < 1.29 is 31.1 Å². The Morgan fingerprint density at radius 3 is 1.88 bits per heavy atom. The third-order valence-corrected chi connectivity index (χ3v) is 5.68. The Kier molecular flexibility index (Phi) is 6.64. The molecule has 10 heteroatoms. The molecule has 0 atom stereocenters. The molecular weight excluding hydrogens is 454 g/mol. The van der Waals surface area contributed by atoms with Crippen molar-refractivity contribution in [3.05, 3.63) is 86.4 Å². The first kappa shape index (κ1) is 23.8. The first-order valence-corrected chi connectivity index (χ1v) is 10.2. The molecule has 1 aromatic heterocycles. The average molecular weight is 472 g/mol. The number of alkyl halides is 6. The first-order chi connectivity index (χ1) is 14.8. The minimum atomic E-state index is -4.96. The fraction of sp³-hybridized carbons (Fsp3) is 0.273. The SMILES string of the molecule is Cc1nc(C)c(C(=O)N(Cc2ccccc2)Cc2cc(C(F)(F)F)cc(C(F)(F)F)c2)s1. The van der Waals surface area contributed by atoms with E-state index in [0.717, 1.165) is 11.3 Å². The normalized spacial score (nSPS) is 12.1. The van der Waals surface area contributed by atoms with E-state index in [9.17, 15) is 31.1 Å². The number of carbonyl (C=O) groups excluding carboxylic acids is 1. The van der Waals surface area contributed by atoms with Gasteiger partial charge in [0.15, 0.2) is 0 Å². The van der Waals surface area contributed by atoms with Gasteiger partial charge in [0.1, 0.15) is 4.88 Å². The quantitative estimate of drug-likeness (QED) is 0.390. The highest BCUT2D eigenvalue weighted by atomic mass is 32.1. The van der Waals surface area contributed by atoms with E-state index >= 15 is 0 Å². The number of hydrogen-bond acceptors (Lipinski definition) is 3. The van der Waals surface area contributed by atoms with Gasteiger partial charge in [0.2, 0.25) is 0 Å². The van der Waals surface area contributed by atoms with E-state index in [1.165, 1.54) is 4.90 Å².